The highest BCUT2D eigenvalue weighted by atomic mass is 35.5. The zero-order valence-corrected chi connectivity index (χ0v) is 12.3. The van der Waals surface area contributed by atoms with E-state index in [0.717, 1.165) is 24.0 Å². The molecule has 0 atom stereocenters. The maximum atomic E-state index is 11.9. The summed E-state index contributed by atoms with van der Waals surface area (Å²) in [6.45, 7) is 5.62. The number of carbonyl (C=O) groups is 1. The summed E-state index contributed by atoms with van der Waals surface area (Å²) >= 11 is 5.89. The van der Waals surface area contributed by atoms with Gasteiger partial charge in [0.1, 0.15) is 5.60 Å². The van der Waals surface area contributed by atoms with Gasteiger partial charge in [-0.3, -0.25) is 0 Å². The van der Waals surface area contributed by atoms with E-state index in [2.05, 4.69) is 0 Å². The number of benzene rings is 1. The lowest BCUT2D eigenvalue weighted by molar-refractivity contribution is -0.148. The van der Waals surface area contributed by atoms with E-state index in [1.165, 1.54) is 0 Å². The predicted octanol–water partition coefficient (Wildman–Crippen LogP) is 4.48. The van der Waals surface area contributed by atoms with Crippen LogP contribution in [0.2, 0.25) is 5.02 Å². The van der Waals surface area contributed by atoms with Gasteiger partial charge < -0.3 is 4.74 Å². The molecule has 0 amide bonds. The normalized spacial score (nSPS) is 16.3. The van der Waals surface area contributed by atoms with Crippen molar-refractivity contribution in [1.82, 2.24) is 0 Å². The summed E-state index contributed by atoms with van der Waals surface area (Å²) in [5.41, 5.74) is 1.66. The Hall–Kier alpha value is -1.28. The third-order valence-corrected chi connectivity index (χ3v) is 3.13. The summed E-state index contributed by atoms with van der Waals surface area (Å²) in [5, 5.41) is 0.705. The topological polar surface area (TPSA) is 26.3 Å². The van der Waals surface area contributed by atoms with Gasteiger partial charge in [-0.2, -0.15) is 0 Å². The van der Waals surface area contributed by atoms with E-state index in [4.69, 9.17) is 16.3 Å². The fourth-order valence-electron chi connectivity index (χ4n) is 1.93. The van der Waals surface area contributed by atoms with Crippen molar-refractivity contribution in [3.8, 4) is 0 Å². The molecule has 1 aromatic rings. The molecule has 102 valence electrons. The van der Waals surface area contributed by atoms with E-state index >= 15 is 0 Å². The van der Waals surface area contributed by atoms with Crippen LogP contribution in [-0.2, 0) is 9.53 Å². The summed E-state index contributed by atoms with van der Waals surface area (Å²) in [5.74, 6) is 0.207. The molecule has 1 aliphatic rings. The number of carbonyl (C=O) groups excluding carboxylic acids is 1. The maximum absolute atomic E-state index is 11.9. The Morgan fingerprint density at radius 1 is 1.26 bits per heavy atom. The Morgan fingerprint density at radius 2 is 1.84 bits per heavy atom. The first-order valence-corrected chi connectivity index (χ1v) is 6.93. The number of hydrogen-bond donors (Lipinski definition) is 0. The second kappa shape index (κ2) is 5.38. The summed E-state index contributed by atoms with van der Waals surface area (Å²) in [4.78, 5) is 11.9. The number of allylic oxidation sites excluding steroid dienone is 1. The second-order valence-corrected chi connectivity index (χ2v) is 6.35. The van der Waals surface area contributed by atoms with Crippen LogP contribution >= 0.6 is 11.6 Å². The number of rotatable bonds is 3. The van der Waals surface area contributed by atoms with E-state index < -0.39 is 5.60 Å². The van der Waals surface area contributed by atoms with Crippen LogP contribution in [0.15, 0.2) is 30.3 Å². The Morgan fingerprint density at radius 3 is 2.32 bits per heavy atom. The van der Waals surface area contributed by atoms with Crippen molar-refractivity contribution in [3.05, 3.63) is 40.9 Å². The molecular formula is C16H19ClO2. The fraction of sp³-hybridized carbons (Fsp3) is 0.438. The van der Waals surface area contributed by atoms with E-state index in [9.17, 15) is 4.79 Å². The fourth-order valence-corrected chi connectivity index (χ4v) is 2.06. The van der Waals surface area contributed by atoms with Crippen molar-refractivity contribution >= 4 is 23.1 Å². The zero-order valence-electron chi connectivity index (χ0n) is 11.6. The Balaban J connectivity index is 2.20. The summed E-state index contributed by atoms with van der Waals surface area (Å²) in [6.07, 6.45) is 3.90. The lowest BCUT2D eigenvalue weighted by Gasteiger charge is -2.18. The standard InChI is InChI=1S/C16H19ClO2/c1-16(2,3)19-15(18)10-14(11-4-5-11)12-6-8-13(17)9-7-12/h6-11H,4-5H2,1-3H3/b14-10+. The molecule has 3 heteroatoms. The molecule has 0 unspecified atom stereocenters. The lowest BCUT2D eigenvalue weighted by Crippen LogP contribution is -2.22. The molecule has 0 saturated heterocycles. The third kappa shape index (κ3) is 4.39. The maximum Gasteiger partial charge on any atom is 0.331 e. The molecule has 0 bridgehead atoms. The molecule has 0 heterocycles. The third-order valence-electron chi connectivity index (χ3n) is 2.87. The van der Waals surface area contributed by atoms with Gasteiger partial charge in [-0.25, -0.2) is 4.79 Å². The second-order valence-electron chi connectivity index (χ2n) is 5.91. The van der Waals surface area contributed by atoms with Crippen LogP contribution in [-0.4, -0.2) is 11.6 Å². The lowest BCUT2D eigenvalue weighted by atomic mass is 10.0. The van der Waals surface area contributed by atoms with Gasteiger partial charge in [0, 0.05) is 11.1 Å². The van der Waals surface area contributed by atoms with Crippen LogP contribution in [0.1, 0.15) is 39.2 Å². The molecule has 2 nitrogen and oxygen atoms in total. The van der Waals surface area contributed by atoms with E-state index in [0.29, 0.717) is 10.9 Å². The Labute approximate surface area is 119 Å². The first-order valence-electron chi connectivity index (χ1n) is 6.56. The van der Waals surface area contributed by atoms with E-state index in [1.807, 2.05) is 45.0 Å². The van der Waals surface area contributed by atoms with Crippen LogP contribution < -0.4 is 0 Å². The van der Waals surface area contributed by atoms with Crippen molar-refractivity contribution in [3.63, 3.8) is 0 Å². The number of ether oxygens (including phenoxy) is 1. The number of esters is 1. The minimum atomic E-state index is -0.456. The molecule has 2 rings (SSSR count). The summed E-state index contributed by atoms with van der Waals surface area (Å²) in [6, 6.07) is 7.61. The van der Waals surface area contributed by atoms with E-state index in [-0.39, 0.29) is 5.97 Å². The summed E-state index contributed by atoms with van der Waals surface area (Å²) in [7, 11) is 0. The number of hydrogen-bond acceptors (Lipinski definition) is 2. The van der Waals surface area contributed by atoms with Crippen molar-refractivity contribution in [2.45, 2.75) is 39.2 Å². The molecule has 0 spiro atoms. The smallest absolute Gasteiger partial charge is 0.331 e. The van der Waals surface area contributed by atoms with Gasteiger partial charge in [-0.15, -0.1) is 0 Å². The van der Waals surface area contributed by atoms with E-state index in [1.54, 1.807) is 6.08 Å². The van der Waals surface area contributed by atoms with Gasteiger partial charge in [0.2, 0.25) is 0 Å². The molecule has 0 aromatic heterocycles. The highest BCUT2D eigenvalue weighted by Crippen LogP contribution is 2.42. The van der Waals surface area contributed by atoms with Crippen LogP contribution in [0.4, 0.5) is 0 Å². The molecule has 19 heavy (non-hydrogen) atoms. The van der Waals surface area contributed by atoms with Crippen LogP contribution in [0, 0.1) is 5.92 Å². The Bertz CT molecular complexity index is 490. The molecule has 0 N–H and O–H groups in total. The van der Waals surface area contributed by atoms with Crippen LogP contribution in [0.3, 0.4) is 0 Å². The predicted molar refractivity (Wildman–Crippen MR) is 78.0 cm³/mol. The van der Waals surface area contributed by atoms with Crippen molar-refractivity contribution in [1.29, 1.82) is 0 Å². The monoisotopic (exact) mass is 278 g/mol. The van der Waals surface area contributed by atoms with Gasteiger partial charge in [0.05, 0.1) is 0 Å². The SMILES string of the molecule is CC(C)(C)OC(=O)/C=C(/c1ccc(Cl)cc1)C1CC1. The van der Waals surface area contributed by atoms with Crippen LogP contribution in [0.25, 0.3) is 5.57 Å². The molecular weight excluding hydrogens is 260 g/mol. The molecule has 1 aliphatic carbocycles. The van der Waals surface area contributed by atoms with Crippen molar-refractivity contribution in [2.24, 2.45) is 5.92 Å². The largest absolute Gasteiger partial charge is 0.457 e. The van der Waals surface area contributed by atoms with Gasteiger partial charge in [0.15, 0.2) is 0 Å². The average molecular weight is 279 g/mol. The molecule has 1 fully saturated rings. The first kappa shape index (κ1) is 14.1. The molecule has 0 radical (unpaired) electrons. The Kier molecular flexibility index (Phi) is 4.00. The van der Waals surface area contributed by atoms with Crippen LogP contribution in [0.5, 0.6) is 0 Å². The van der Waals surface area contributed by atoms with Gasteiger partial charge >= 0.3 is 5.97 Å². The highest BCUT2D eigenvalue weighted by molar-refractivity contribution is 6.30. The minimum Gasteiger partial charge on any atom is -0.457 e. The number of halogens is 1. The van der Waals surface area contributed by atoms with Crippen molar-refractivity contribution in [2.75, 3.05) is 0 Å². The van der Waals surface area contributed by atoms with Gasteiger partial charge in [-0.1, -0.05) is 23.7 Å². The van der Waals surface area contributed by atoms with Gasteiger partial charge in [-0.05, 0) is 62.8 Å². The first-order chi connectivity index (χ1) is 8.85. The average Bonchev–Trinajstić information content (AvgIpc) is 3.08. The minimum absolute atomic E-state index is 0.274. The summed E-state index contributed by atoms with van der Waals surface area (Å²) < 4.78 is 5.35. The van der Waals surface area contributed by atoms with Crippen molar-refractivity contribution < 1.29 is 9.53 Å². The molecule has 1 saturated carbocycles. The molecule has 1 aromatic carbocycles. The molecule has 0 aliphatic heterocycles. The highest BCUT2D eigenvalue weighted by Gasteiger charge is 2.28. The zero-order chi connectivity index (χ0) is 14.0. The van der Waals surface area contributed by atoms with Gasteiger partial charge in [0.25, 0.3) is 0 Å². The quantitative estimate of drug-likeness (QED) is 0.602.